The summed E-state index contributed by atoms with van der Waals surface area (Å²) in [5.74, 6) is 0.868. The second-order valence-corrected chi connectivity index (χ2v) is 5.48. The molecule has 2 amide bonds. The molecule has 1 unspecified atom stereocenters. The molecule has 0 radical (unpaired) electrons. The van der Waals surface area contributed by atoms with Gasteiger partial charge >= 0.3 is 6.03 Å². The van der Waals surface area contributed by atoms with Gasteiger partial charge in [-0.2, -0.15) is 0 Å². The summed E-state index contributed by atoms with van der Waals surface area (Å²) in [5, 5.41) is 3.07. The number of rotatable bonds is 1. The Morgan fingerprint density at radius 2 is 1.71 bits per heavy atom. The van der Waals surface area contributed by atoms with Crippen molar-refractivity contribution in [3.8, 4) is 5.75 Å². The third kappa shape index (κ3) is 2.13. The van der Waals surface area contributed by atoms with Gasteiger partial charge < -0.3 is 15.0 Å². The van der Waals surface area contributed by atoms with E-state index in [-0.39, 0.29) is 12.1 Å². The van der Waals surface area contributed by atoms with Gasteiger partial charge in [0.2, 0.25) is 0 Å². The minimum Gasteiger partial charge on any atom is -0.491 e. The van der Waals surface area contributed by atoms with E-state index >= 15 is 0 Å². The minimum atomic E-state index is -0.0580. The molecule has 2 aromatic rings. The third-order valence-corrected chi connectivity index (χ3v) is 4.13. The van der Waals surface area contributed by atoms with Crippen LogP contribution in [0.5, 0.6) is 5.75 Å². The summed E-state index contributed by atoms with van der Waals surface area (Å²) in [7, 11) is 0. The maximum Gasteiger partial charge on any atom is 0.318 e. The number of para-hydroxylation sites is 1. The van der Waals surface area contributed by atoms with Gasteiger partial charge in [-0.1, -0.05) is 42.5 Å². The van der Waals surface area contributed by atoms with Crippen LogP contribution in [0.4, 0.5) is 4.79 Å². The molecule has 1 atom stereocenters. The number of carbonyl (C=O) groups is 1. The molecule has 2 aliphatic heterocycles. The Labute approximate surface area is 123 Å². The van der Waals surface area contributed by atoms with Gasteiger partial charge in [0.25, 0.3) is 0 Å². The summed E-state index contributed by atoms with van der Waals surface area (Å²) in [6, 6.07) is 16.0. The molecule has 1 N–H and O–H groups in total. The largest absolute Gasteiger partial charge is 0.491 e. The van der Waals surface area contributed by atoms with Crippen LogP contribution in [0.2, 0.25) is 0 Å². The van der Waals surface area contributed by atoms with E-state index in [1.165, 1.54) is 11.1 Å². The highest BCUT2D eigenvalue weighted by molar-refractivity contribution is 5.76. The second kappa shape index (κ2) is 4.81. The molecule has 0 saturated carbocycles. The van der Waals surface area contributed by atoms with Crippen molar-refractivity contribution in [2.24, 2.45) is 0 Å². The number of urea groups is 1. The standard InChI is InChI=1S/C17H16N2O2/c20-17(19-9-12-5-1-2-6-13(12)10-19)18-15-11-21-16-8-4-3-7-14(15)16/h1-8,15H,9-11H2,(H,18,20). The van der Waals surface area contributed by atoms with Crippen molar-refractivity contribution in [3.63, 3.8) is 0 Å². The number of fused-ring (bicyclic) bond motifs is 2. The zero-order valence-corrected chi connectivity index (χ0v) is 11.6. The number of benzene rings is 2. The van der Waals surface area contributed by atoms with Crippen molar-refractivity contribution in [3.05, 3.63) is 65.2 Å². The lowest BCUT2D eigenvalue weighted by atomic mass is 10.1. The van der Waals surface area contributed by atoms with E-state index < -0.39 is 0 Å². The van der Waals surface area contributed by atoms with Crippen LogP contribution in [0, 0.1) is 0 Å². The predicted octanol–water partition coefficient (Wildman–Crippen LogP) is 2.85. The summed E-state index contributed by atoms with van der Waals surface area (Å²) in [5.41, 5.74) is 3.52. The molecule has 4 rings (SSSR count). The van der Waals surface area contributed by atoms with Crippen LogP contribution in [0.3, 0.4) is 0 Å². The first-order valence-electron chi connectivity index (χ1n) is 7.15. The number of nitrogens with zero attached hydrogens (tertiary/aromatic N) is 1. The highest BCUT2D eigenvalue weighted by atomic mass is 16.5. The number of hydrogen-bond donors (Lipinski definition) is 1. The second-order valence-electron chi connectivity index (χ2n) is 5.48. The normalized spacial score (nSPS) is 18.9. The summed E-state index contributed by atoms with van der Waals surface area (Å²) in [6.07, 6.45) is 0. The van der Waals surface area contributed by atoms with Gasteiger partial charge in [-0.25, -0.2) is 4.79 Å². The van der Waals surface area contributed by atoms with Crippen molar-refractivity contribution in [2.45, 2.75) is 19.1 Å². The molecule has 0 spiro atoms. The smallest absolute Gasteiger partial charge is 0.318 e. The molecule has 0 bridgehead atoms. The average molecular weight is 280 g/mol. The average Bonchev–Trinajstić information content (AvgIpc) is 3.11. The Bertz CT molecular complexity index is 674. The van der Waals surface area contributed by atoms with Gasteiger partial charge in [0.15, 0.2) is 0 Å². The van der Waals surface area contributed by atoms with Crippen LogP contribution in [0.25, 0.3) is 0 Å². The number of amides is 2. The van der Waals surface area contributed by atoms with Gasteiger partial charge in [0.05, 0.1) is 6.04 Å². The Balaban J connectivity index is 1.47. The molecule has 2 aliphatic rings. The first-order valence-corrected chi connectivity index (χ1v) is 7.15. The molecule has 2 aromatic carbocycles. The topological polar surface area (TPSA) is 41.6 Å². The molecule has 106 valence electrons. The summed E-state index contributed by atoms with van der Waals surface area (Å²) in [4.78, 5) is 14.3. The number of carbonyl (C=O) groups excluding carboxylic acids is 1. The maximum absolute atomic E-state index is 12.4. The monoisotopic (exact) mass is 280 g/mol. The predicted molar refractivity (Wildman–Crippen MR) is 78.9 cm³/mol. The maximum atomic E-state index is 12.4. The molecule has 0 saturated heterocycles. The van der Waals surface area contributed by atoms with E-state index in [4.69, 9.17) is 4.74 Å². The fraction of sp³-hybridized carbons (Fsp3) is 0.235. The van der Waals surface area contributed by atoms with Gasteiger partial charge in [-0.3, -0.25) is 0 Å². The van der Waals surface area contributed by atoms with Gasteiger partial charge in [-0.05, 0) is 17.2 Å². The Morgan fingerprint density at radius 3 is 2.48 bits per heavy atom. The first kappa shape index (κ1) is 12.3. The van der Waals surface area contributed by atoms with E-state index in [1.807, 2.05) is 41.3 Å². The van der Waals surface area contributed by atoms with Crippen LogP contribution in [-0.2, 0) is 13.1 Å². The summed E-state index contributed by atoms with van der Waals surface area (Å²) >= 11 is 0. The van der Waals surface area contributed by atoms with Gasteiger partial charge in [0.1, 0.15) is 12.4 Å². The fourth-order valence-corrected chi connectivity index (χ4v) is 3.00. The molecule has 0 aromatic heterocycles. The zero-order valence-electron chi connectivity index (χ0n) is 11.6. The molecule has 4 heteroatoms. The van der Waals surface area contributed by atoms with E-state index in [2.05, 4.69) is 17.4 Å². The van der Waals surface area contributed by atoms with Crippen molar-refractivity contribution in [1.82, 2.24) is 10.2 Å². The zero-order chi connectivity index (χ0) is 14.2. The molecule has 0 fully saturated rings. The van der Waals surface area contributed by atoms with Crippen LogP contribution in [-0.4, -0.2) is 17.5 Å². The molecule has 21 heavy (non-hydrogen) atoms. The van der Waals surface area contributed by atoms with Crippen molar-refractivity contribution in [2.75, 3.05) is 6.61 Å². The molecule has 2 heterocycles. The van der Waals surface area contributed by atoms with E-state index in [9.17, 15) is 4.79 Å². The fourth-order valence-electron chi connectivity index (χ4n) is 3.00. The van der Waals surface area contributed by atoms with Crippen molar-refractivity contribution >= 4 is 6.03 Å². The summed E-state index contributed by atoms with van der Waals surface area (Å²) < 4.78 is 5.60. The van der Waals surface area contributed by atoms with Gasteiger partial charge in [-0.15, -0.1) is 0 Å². The lowest BCUT2D eigenvalue weighted by Crippen LogP contribution is -2.39. The van der Waals surface area contributed by atoms with Crippen molar-refractivity contribution < 1.29 is 9.53 Å². The molecule has 4 nitrogen and oxygen atoms in total. The lowest BCUT2D eigenvalue weighted by molar-refractivity contribution is 0.191. The first-order chi connectivity index (χ1) is 10.3. The molecular weight excluding hydrogens is 264 g/mol. The number of nitrogens with one attached hydrogen (secondary N) is 1. The molecule has 0 aliphatic carbocycles. The Kier molecular flexibility index (Phi) is 2.81. The number of ether oxygens (including phenoxy) is 1. The highest BCUT2D eigenvalue weighted by Gasteiger charge is 2.29. The number of hydrogen-bond acceptors (Lipinski definition) is 2. The summed E-state index contributed by atoms with van der Waals surface area (Å²) in [6.45, 7) is 1.86. The lowest BCUT2D eigenvalue weighted by Gasteiger charge is -2.19. The van der Waals surface area contributed by atoms with Crippen molar-refractivity contribution in [1.29, 1.82) is 0 Å². The minimum absolute atomic E-state index is 0.0310. The van der Waals surface area contributed by atoms with Crippen LogP contribution >= 0.6 is 0 Å². The van der Waals surface area contributed by atoms with E-state index in [0.29, 0.717) is 19.7 Å². The highest BCUT2D eigenvalue weighted by Crippen LogP contribution is 2.32. The van der Waals surface area contributed by atoms with Crippen LogP contribution in [0.1, 0.15) is 22.7 Å². The Hall–Kier alpha value is -2.49. The van der Waals surface area contributed by atoms with Gasteiger partial charge in [0, 0.05) is 18.7 Å². The van der Waals surface area contributed by atoms with Crippen LogP contribution in [0.15, 0.2) is 48.5 Å². The third-order valence-electron chi connectivity index (χ3n) is 4.13. The molecular formula is C17H16N2O2. The SMILES string of the molecule is O=C(NC1COc2ccccc21)N1Cc2ccccc2C1. The quantitative estimate of drug-likeness (QED) is 0.872. The van der Waals surface area contributed by atoms with E-state index in [0.717, 1.165) is 11.3 Å². The van der Waals surface area contributed by atoms with E-state index in [1.54, 1.807) is 0 Å². The Morgan fingerprint density at radius 1 is 1.05 bits per heavy atom. The van der Waals surface area contributed by atoms with Crippen LogP contribution < -0.4 is 10.1 Å².